The molecule has 5 rings (SSSR count). The van der Waals surface area contributed by atoms with Gasteiger partial charge in [0.2, 0.25) is 0 Å². The number of hydrogen-bond acceptors (Lipinski definition) is 5. The van der Waals surface area contributed by atoms with Gasteiger partial charge in [0.25, 0.3) is 5.91 Å². The molecule has 0 bridgehead atoms. The number of anilines is 2. The van der Waals surface area contributed by atoms with Crippen molar-refractivity contribution < 1.29 is 13.9 Å². The number of nitrogens with zero attached hydrogens (tertiary/aromatic N) is 3. The number of benzene rings is 3. The Labute approximate surface area is 198 Å². The molecule has 1 saturated heterocycles. The summed E-state index contributed by atoms with van der Waals surface area (Å²) in [7, 11) is 1.85. The zero-order valence-corrected chi connectivity index (χ0v) is 19.1. The smallest absolute Gasteiger partial charge is 0.264 e. The summed E-state index contributed by atoms with van der Waals surface area (Å²) in [4.78, 5) is 22.1. The van der Waals surface area contributed by atoms with Crippen LogP contribution in [0.2, 0.25) is 0 Å². The highest BCUT2D eigenvalue weighted by Gasteiger charge is 2.30. The van der Waals surface area contributed by atoms with E-state index < -0.39 is 6.17 Å². The molecule has 174 valence electrons. The minimum absolute atomic E-state index is 0.217. The molecule has 0 saturated carbocycles. The molecule has 6 nitrogen and oxygen atoms in total. The van der Waals surface area contributed by atoms with Gasteiger partial charge in [-0.2, -0.15) is 0 Å². The maximum absolute atomic E-state index is 14.9. The van der Waals surface area contributed by atoms with Gasteiger partial charge in [0.05, 0.1) is 30.3 Å². The molecule has 1 atom stereocenters. The lowest BCUT2D eigenvalue weighted by Gasteiger charge is -2.32. The van der Waals surface area contributed by atoms with Crippen molar-refractivity contribution in [2.24, 2.45) is 4.99 Å². The number of carbonyl (C=O) groups is 1. The Morgan fingerprint density at radius 3 is 2.56 bits per heavy atom. The van der Waals surface area contributed by atoms with E-state index >= 15 is 0 Å². The van der Waals surface area contributed by atoms with Gasteiger partial charge in [-0.3, -0.25) is 14.7 Å². The Morgan fingerprint density at radius 1 is 1.03 bits per heavy atom. The summed E-state index contributed by atoms with van der Waals surface area (Å²) < 4.78 is 20.4. The van der Waals surface area contributed by atoms with Gasteiger partial charge in [0, 0.05) is 30.8 Å². The molecule has 0 aliphatic carbocycles. The molecule has 1 N–H and O–H groups in total. The summed E-state index contributed by atoms with van der Waals surface area (Å²) in [5, 5.41) is 3.03. The first-order valence-corrected chi connectivity index (χ1v) is 11.5. The molecule has 2 heterocycles. The third-order valence-corrected chi connectivity index (χ3v) is 6.21. The van der Waals surface area contributed by atoms with Crippen molar-refractivity contribution in [2.75, 3.05) is 43.6 Å². The third kappa shape index (κ3) is 4.44. The highest BCUT2D eigenvalue weighted by atomic mass is 19.1. The number of fused-ring (bicyclic) bond motifs is 1. The second-order valence-electron chi connectivity index (χ2n) is 8.51. The van der Waals surface area contributed by atoms with Gasteiger partial charge >= 0.3 is 0 Å². The van der Waals surface area contributed by atoms with E-state index in [9.17, 15) is 9.18 Å². The second-order valence-corrected chi connectivity index (χ2v) is 8.51. The van der Waals surface area contributed by atoms with Gasteiger partial charge in [0.1, 0.15) is 5.82 Å². The van der Waals surface area contributed by atoms with Crippen LogP contribution >= 0.6 is 0 Å². The molecule has 3 aromatic rings. The van der Waals surface area contributed by atoms with E-state index in [1.54, 1.807) is 6.07 Å². The molecule has 1 amide bonds. The number of ether oxygens (including phenoxy) is 1. The predicted octanol–water partition coefficient (Wildman–Crippen LogP) is 3.91. The first-order valence-electron chi connectivity index (χ1n) is 11.5. The highest BCUT2D eigenvalue weighted by Crippen LogP contribution is 2.29. The summed E-state index contributed by atoms with van der Waals surface area (Å²) in [6.07, 6.45) is -0.775. The van der Waals surface area contributed by atoms with Crippen LogP contribution in [0.5, 0.6) is 0 Å². The minimum Gasteiger partial charge on any atom is -0.378 e. The van der Waals surface area contributed by atoms with Crippen LogP contribution in [0, 0.1) is 5.82 Å². The van der Waals surface area contributed by atoms with Crippen molar-refractivity contribution >= 4 is 23.0 Å². The molecular weight excluding hydrogens is 431 g/mol. The van der Waals surface area contributed by atoms with E-state index in [0.717, 1.165) is 28.1 Å². The first-order chi connectivity index (χ1) is 16.6. The fourth-order valence-corrected chi connectivity index (χ4v) is 4.55. The van der Waals surface area contributed by atoms with Gasteiger partial charge in [-0.25, -0.2) is 4.39 Å². The summed E-state index contributed by atoms with van der Waals surface area (Å²) in [5.74, 6) is -0.482. The van der Waals surface area contributed by atoms with Crippen LogP contribution in [-0.4, -0.2) is 56.0 Å². The molecular formula is C27H27FN4O2. The quantitative estimate of drug-likeness (QED) is 0.630. The van der Waals surface area contributed by atoms with Crippen molar-refractivity contribution in [3.05, 3.63) is 95.3 Å². The number of halogens is 1. The van der Waals surface area contributed by atoms with Gasteiger partial charge in [0.15, 0.2) is 6.17 Å². The van der Waals surface area contributed by atoms with Crippen LogP contribution in [0.3, 0.4) is 0 Å². The van der Waals surface area contributed by atoms with Crippen LogP contribution < -0.4 is 10.2 Å². The number of benzodiazepines with no additional fused rings is 1. The second kappa shape index (κ2) is 9.75. The molecule has 1 fully saturated rings. The Bertz CT molecular complexity index is 1210. The normalized spacial score (nSPS) is 18.2. The molecule has 34 heavy (non-hydrogen) atoms. The molecule has 7 heteroatoms. The third-order valence-electron chi connectivity index (χ3n) is 6.21. The SMILES string of the molecule is CN(Cc1cccc(F)c1N1CCOCC1)C1N=C(c2ccccc2)c2ccccc2NC1=O. The maximum atomic E-state index is 14.9. The zero-order chi connectivity index (χ0) is 23.5. The standard InChI is InChI=1S/C27H27FN4O2/c1-31(18-20-10-7-12-22(28)25(20)32-14-16-34-17-15-32)26-27(33)29-23-13-6-5-11-21(23)24(30-26)19-8-3-2-4-9-19/h2-13,26H,14-18H2,1H3,(H,29,33). The number of likely N-dealkylation sites (N-methyl/N-ethyl adjacent to an activating group) is 1. The number of aliphatic imine (C=N–C) groups is 1. The lowest BCUT2D eigenvalue weighted by atomic mass is 10.0. The predicted molar refractivity (Wildman–Crippen MR) is 132 cm³/mol. The molecule has 0 aromatic heterocycles. The molecule has 1 unspecified atom stereocenters. The number of carbonyl (C=O) groups excluding carboxylic acids is 1. The van der Waals surface area contributed by atoms with E-state index in [4.69, 9.17) is 9.73 Å². The van der Waals surface area contributed by atoms with E-state index in [-0.39, 0.29) is 11.7 Å². The van der Waals surface area contributed by atoms with Crippen molar-refractivity contribution in [1.82, 2.24) is 4.90 Å². The Kier molecular flexibility index (Phi) is 6.38. The van der Waals surface area contributed by atoms with Crippen LogP contribution in [0.4, 0.5) is 15.8 Å². The number of rotatable bonds is 5. The number of nitrogens with one attached hydrogen (secondary N) is 1. The van der Waals surface area contributed by atoms with Crippen LogP contribution in [0.25, 0.3) is 0 Å². The van der Waals surface area contributed by atoms with Crippen LogP contribution in [0.15, 0.2) is 77.8 Å². The lowest BCUT2D eigenvalue weighted by molar-refractivity contribution is -0.120. The van der Waals surface area contributed by atoms with E-state index in [1.807, 2.05) is 77.5 Å². The number of morpholine rings is 1. The van der Waals surface area contributed by atoms with E-state index in [0.29, 0.717) is 38.5 Å². The van der Waals surface area contributed by atoms with Gasteiger partial charge in [-0.1, -0.05) is 60.7 Å². The lowest BCUT2D eigenvalue weighted by Crippen LogP contribution is -2.41. The first kappa shape index (κ1) is 22.3. The van der Waals surface area contributed by atoms with Gasteiger partial charge in [-0.05, 0) is 24.7 Å². The number of para-hydroxylation sites is 2. The zero-order valence-electron chi connectivity index (χ0n) is 19.1. The van der Waals surface area contributed by atoms with Crippen molar-refractivity contribution in [1.29, 1.82) is 0 Å². The molecule has 0 spiro atoms. The number of hydrogen-bond donors (Lipinski definition) is 1. The van der Waals surface area contributed by atoms with Crippen molar-refractivity contribution in [3.8, 4) is 0 Å². The van der Waals surface area contributed by atoms with E-state index in [2.05, 4.69) is 5.32 Å². The summed E-state index contributed by atoms with van der Waals surface area (Å²) in [6.45, 7) is 2.76. The summed E-state index contributed by atoms with van der Waals surface area (Å²) in [6, 6.07) is 22.6. The average molecular weight is 459 g/mol. The minimum atomic E-state index is -0.775. The van der Waals surface area contributed by atoms with E-state index in [1.165, 1.54) is 6.07 Å². The van der Waals surface area contributed by atoms with Crippen molar-refractivity contribution in [3.63, 3.8) is 0 Å². The van der Waals surface area contributed by atoms with Crippen LogP contribution in [0.1, 0.15) is 16.7 Å². The summed E-state index contributed by atoms with van der Waals surface area (Å²) in [5.41, 5.74) is 4.67. The average Bonchev–Trinajstić information content (AvgIpc) is 3.01. The maximum Gasteiger partial charge on any atom is 0.264 e. The monoisotopic (exact) mass is 458 g/mol. The highest BCUT2D eigenvalue weighted by molar-refractivity contribution is 6.19. The Morgan fingerprint density at radius 2 is 1.76 bits per heavy atom. The largest absolute Gasteiger partial charge is 0.378 e. The van der Waals surface area contributed by atoms with Crippen LogP contribution in [-0.2, 0) is 16.1 Å². The Balaban J connectivity index is 1.50. The molecule has 2 aliphatic rings. The molecule has 3 aromatic carbocycles. The molecule has 0 radical (unpaired) electrons. The Hall–Kier alpha value is -3.55. The summed E-state index contributed by atoms with van der Waals surface area (Å²) >= 11 is 0. The van der Waals surface area contributed by atoms with Gasteiger partial charge in [-0.15, -0.1) is 0 Å². The van der Waals surface area contributed by atoms with Gasteiger partial charge < -0.3 is 15.0 Å². The topological polar surface area (TPSA) is 57.2 Å². The fourth-order valence-electron chi connectivity index (χ4n) is 4.55. The van der Waals surface area contributed by atoms with Crippen molar-refractivity contribution in [2.45, 2.75) is 12.7 Å². The molecule has 2 aliphatic heterocycles. The number of amides is 1. The fraction of sp³-hybridized carbons (Fsp3) is 0.259.